The molecular formula is C33H28N2+2. The van der Waals surface area contributed by atoms with Gasteiger partial charge in [0.05, 0.1) is 0 Å². The molecule has 0 aliphatic heterocycles. The van der Waals surface area contributed by atoms with Crippen LogP contribution in [0.4, 0.5) is 0 Å². The van der Waals surface area contributed by atoms with E-state index >= 15 is 0 Å². The third kappa shape index (κ3) is 4.69. The summed E-state index contributed by atoms with van der Waals surface area (Å²) in [5.74, 6) is 0. The van der Waals surface area contributed by atoms with Gasteiger partial charge in [-0.3, -0.25) is 0 Å². The summed E-state index contributed by atoms with van der Waals surface area (Å²) in [6, 6.07) is 43.8. The molecule has 2 heterocycles. The Bertz CT molecular complexity index is 1470. The number of hydrogen-bond donors (Lipinski definition) is 0. The lowest BCUT2D eigenvalue weighted by Gasteiger charge is -2.06. The average molecular weight is 453 g/mol. The summed E-state index contributed by atoms with van der Waals surface area (Å²) in [6.45, 7) is 1.75. The van der Waals surface area contributed by atoms with E-state index in [-0.39, 0.29) is 0 Å². The van der Waals surface area contributed by atoms with Gasteiger partial charge in [0.1, 0.15) is 0 Å². The highest BCUT2D eigenvalue weighted by molar-refractivity contribution is 5.75. The SMILES string of the molecule is c1ccc2c(c1)ccc[n+]2Cc1ccc(Cc2ccc(C[n+]3cccc4ccccc43)cc2)cc1. The fraction of sp³-hybridized carbons (Fsp3) is 0.0909. The third-order valence-electron chi connectivity index (χ3n) is 6.74. The van der Waals surface area contributed by atoms with Crippen LogP contribution in [-0.4, -0.2) is 0 Å². The molecule has 0 fully saturated rings. The molecule has 0 aliphatic rings. The van der Waals surface area contributed by atoms with Crippen molar-refractivity contribution in [3.05, 3.63) is 156 Å². The van der Waals surface area contributed by atoms with Crippen molar-refractivity contribution in [3.63, 3.8) is 0 Å². The number of aromatic nitrogens is 2. The minimum absolute atomic E-state index is 0.877. The summed E-state index contributed by atoms with van der Waals surface area (Å²) in [5, 5.41) is 2.54. The Kier molecular flexibility index (Phi) is 5.78. The molecule has 0 saturated heterocycles. The van der Waals surface area contributed by atoms with Gasteiger partial charge in [-0.2, -0.15) is 9.13 Å². The van der Waals surface area contributed by atoms with Crippen LogP contribution in [0.1, 0.15) is 22.3 Å². The van der Waals surface area contributed by atoms with Gasteiger partial charge in [-0.15, -0.1) is 0 Å². The van der Waals surface area contributed by atoms with E-state index in [1.54, 1.807) is 0 Å². The van der Waals surface area contributed by atoms with Gasteiger partial charge in [-0.05, 0) is 41.8 Å². The van der Waals surface area contributed by atoms with Crippen LogP contribution in [0.15, 0.2) is 134 Å². The molecule has 0 radical (unpaired) electrons. The van der Waals surface area contributed by atoms with Gasteiger partial charge in [-0.25, -0.2) is 0 Å². The molecule has 35 heavy (non-hydrogen) atoms. The van der Waals surface area contributed by atoms with Crippen LogP contribution in [0.3, 0.4) is 0 Å². The van der Waals surface area contributed by atoms with Crippen molar-refractivity contribution < 1.29 is 9.13 Å². The molecule has 0 spiro atoms. The fourth-order valence-corrected chi connectivity index (χ4v) is 4.87. The van der Waals surface area contributed by atoms with Crippen molar-refractivity contribution in [2.45, 2.75) is 19.5 Å². The van der Waals surface area contributed by atoms with Crippen molar-refractivity contribution >= 4 is 21.8 Å². The number of fused-ring (bicyclic) bond motifs is 2. The van der Waals surface area contributed by atoms with Crippen molar-refractivity contribution in [3.8, 4) is 0 Å². The van der Waals surface area contributed by atoms with Gasteiger partial charge < -0.3 is 0 Å². The summed E-state index contributed by atoms with van der Waals surface area (Å²) in [6.07, 6.45) is 5.27. The number of pyridine rings is 2. The third-order valence-corrected chi connectivity index (χ3v) is 6.74. The zero-order chi connectivity index (χ0) is 23.5. The minimum Gasteiger partial charge on any atom is -0.194 e. The van der Waals surface area contributed by atoms with Crippen LogP contribution >= 0.6 is 0 Å². The number of nitrogens with zero attached hydrogens (tertiary/aromatic N) is 2. The van der Waals surface area contributed by atoms with Crippen molar-refractivity contribution in [2.75, 3.05) is 0 Å². The second-order valence-corrected chi connectivity index (χ2v) is 9.20. The predicted octanol–water partition coefficient (Wildman–Crippen LogP) is 6.26. The molecule has 168 valence electrons. The number of hydrogen-bond acceptors (Lipinski definition) is 0. The molecule has 0 bridgehead atoms. The molecule has 0 aliphatic carbocycles. The standard InChI is InChI=1S/C33H28N2/c1-3-11-32-30(7-1)9-5-21-34(32)24-28-17-13-26(14-18-28)23-27-15-19-29(20-16-27)25-35-22-6-10-31-8-2-4-12-33(31)35/h1-22H,23-25H2/q+2. The van der Waals surface area contributed by atoms with Crippen LogP contribution in [0, 0.1) is 0 Å². The van der Waals surface area contributed by atoms with E-state index in [9.17, 15) is 0 Å². The molecule has 0 saturated carbocycles. The molecule has 0 atom stereocenters. The zero-order valence-corrected chi connectivity index (χ0v) is 19.7. The first-order valence-corrected chi connectivity index (χ1v) is 12.2. The Labute approximate surface area is 206 Å². The fourth-order valence-electron chi connectivity index (χ4n) is 4.87. The summed E-state index contributed by atoms with van der Waals surface area (Å²) in [4.78, 5) is 0. The largest absolute Gasteiger partial charge is 0.212 e. The highest BCUT2D eigenvalue weighted by Crippen LogP contribution is 2.14. The second kappa shape index (κ2) is 9.52. The zero-order valence-electron chi connectivity index (χ0n) is 19.7. The Morgan fingerprint density at radius 1 is 0.371 bits per heavy atom. The van der Waals surface area contributed by atoms with Gasteiger partial charge in [0.25, 0.3) is 0 Å². The van der Waals surface area contributed by atoms with Crippen LogP contribution in [-0.2, 0) is 19.5 Å². The molecule has 6 rings (SSSR count). The van der Waals surface area contributed by atoms with Gasteiger partial charge in [0, 0.05) is 46.2 Å². The van der Waals surface area contributed by atoms with E-state index in [2.05, 4.69) is 143 Å². The lowest BCUT2D eigenvalue weighted by Crippen LogP contribution is -2.34. The number of benzene rings is 4. The van der Waals surface area contributed by atoms with Crippen molar-refractivity contribution in [1.29, 1.82) is 0 Å². The minimum atomic E-state index is 0.877. The molecule has 0 N–H and O–H groups in total. The molecule has 0 amide bonds. The Morgan fingerprint density at radius 2 is 0.743 bits per heavy atom. The monoisotopic (exact) mass is 452 g/mol. The van der Waals surface area contributed by atoms with Crippen LogP contribution in [0.2, 0.25) is 0 Å². The second-order valence-electron chi connectivity index (χ2n) is 9.20. The van der Waals surface area contributed by atoms with Gasteiger partial charge >= 0.3 is 0 Å². The summed E-state index contributed by atoms with van der Waals surface area (Å²) >= 11 is 0. The maximum atomic E-state index is 2.32. The molecule has 0 unspecified atom stereocenters. The molecule has 2 heteroatoms. The first-order valence-electron chi connectivity index (χ1n) is 12.2. The molecule has 4 aromatic carbocycles. The van der Waals surface area contributed by atoms with Crippen molar-refractivity contribution in [2.24, 2.45) is 0 Å². The number of para-hydroxylation sites is 2. The lowest BCUT2D eigenvalue weighted by atomic mass is 10.0. The first-order chi connectivity index (χ1) is 17.3. The van der Waals surface area contributed by atoms with E-state index in [4.69, 9.17) is 0 Å². The van der Waals surface area contributed by atoms with Gasteiger partial charge in [0.2, 0.25) is 11.0 Å². The summed E-state index contributed by atoms with van der Waals surface area (Å²) < 4.78 is 4.63. The maximum Gasteiger partial charge on any atom is 0.212 e. The Balaban J connectivity index is 1.13. The van der Waals surface area contributed by atoms with E-state index in [0.717, 1.165) is 19.5 Å². The quantitative estimate of drug-likeness (QED) is 0.264. The van der Waals surface area contributed by atoms with Gasteiger partial charge in [0.15, 0.2) is 25.5 Å². The smallest absolute Gasteiger partial charge is 0.194 e. The summed E-state index contributed by atoms with van der Waals surface area (Å²) in [7, 11) is 0. The lowest BCUT2D eigenvalue weighted by molar-refractivity contribution is -0.662. The molecule has 2 aromatic heterocycles. The average Bonchev–Trinajstić information content (AvgIpc) is 2.91. The topological polar surface area (TPSA) is 7.76 Å². The van der Waals surface area contributed by atoms with Gasteiger partial charge in [-0.1, -0.05) is 72.8 Å². The Morgan fingerprint density at radius 3 is 1.20 bits per heavy atom. The first kappa shape index (κ1) is 21.2. The maximum absolute atomic E-state index is 2.32. The van der Waals surface area contributed by atoms with E-state index in [1.165, 1.54) is 44.1 Å². The van der Waals surface area contributed by atoms with Crippen LogP contribution in [0.5, 0.6) is 0 Å². The molecular weight excluding hydrogens is 424 g/mol. The Hall–Kier alpha value is -4.30. The summed E-state index contributed by atoms with van der Waals surface area (Å²) in [5.41, 5.74) is 7.84. The van der Waals surface area contributed by atoms with E-state index < -0.39 is 0 Å². The number of rotatable bonds is 6. The normalized spacial score (nSPS) is 11.2. The van der Waals surface area contributed by atoms with Crippen LogP contribution in [0.25, 0.3) is 21.8 Å². The highest BCUT2D eigenvalue weighted by atomic mass is 14.9. The van der Waals surface area contributed by atoms with Crippen molar-refractivity contribution in [1.82, 2.24) is 0 Å². The molecule has 2 nitrogen and oxygen atoms in total. The van der Waals surface area contributed by atoms with E-state index in [0.29, 0.717) is 0 Å². The highest BCUT2D eigenvalue weighted by Gasteiger charge is 2.10. The van der Waals surface area contributed by atoms with E-state index in [1.807, 2.05) is 0 Å². The van der Waals surface area contributed by atoms with Crippen LogP contribution < -0.4 is 9.13 Å². The predicted molar refractivity (Wildman–Crippen MR) is 142 cm³/mol. The molecule has 6 aromatic rings.